The molecule has 1 N–H and O–H groups in total. The molecular weight excluding hydrogens is 174 g/mol. The first kappa shape index (κ1) is 12.0. The van der Waals surface area contributed by atoms with E-state index in [1.807, 2.05) is 0 Å². The van der Waals surface area contributed by atoms with Crippen LogP contribution in [0.2, 0.25) is 0 Å². The second-order valence-corrected chi connectivity index (χ2v) is 4.83. The van der Waals surface area contributed by atoms with Gasteiger partial charge in [-0.15, -0.1) is 0 Å². The van der Waals surface area contributed by atoms with E-state index in [2.05, 4.69) is 26.1 Å². The minimum absolute atomic E-state index is 0.364. The molecule has 1 aliphatic carbocycles. The van der Waals surface area contributed by atoms with Crippen molar-refractivity contribution in [2.24, 2.45) is 5.92 Å². The van der Waals surface area contributed by atoms with E-state index in [0.717, 1.165) is 25.1 Å². The Kier molecular flexibility index (Phi) is 5.49. The molecule has 1 saturated carbocycles. The van der Waals surface area contributed by atoms with Crippen LogP contribution in [-0.2, 0) is 4.74 Å². The van der Waals surface area contributed by atoms with E-state index in [1.54, 1.807) is 0 Å². The first-order valence-corrected chi connectivity index (χ1v) is 6.03. The highest BCUT2D eigenvalue weighted by Gasteiger charge is 2.16. The van der Waals surface area contributed by atoms with Crippen molar-refractivity contribution in [3.8, 4) is 0 Å². The third kappa shape index (κ3) is 4.97. The summed E-state index contributed by atoms with van der Waals surface area (Å²) in [7, 11) is 0. The van der Waals surface area contributed by atoms with E-state index >= 15 is 0 Å². The van der Waals surface area contributed by atoms with E-state index in [4.69, 9.17) is 4.74 Å². The molecule has 0 saturated heterocycles. The van der Waals surface area contributed by atoms with Gasteiger partial charge in [0.15, 0.2) is 0 Å². The van der Waals surface area contributed by atoms with Crippen LogP contribution in [0.1, 0.15) is 46.5 Å². The smallest absolute Gasteiger partial charge is 0.0594 e. The summed E-state index contributed by atoms with van der Waals surface area (Å²) < 4.78 is 5.49. The number of hydrogen-bond donors (Lipinski definition) is 1. The fourth-order valence-corrected chi connectivity index (χ4v) is 2.02. The van der Waals surface area contributed by atoms with Gasteiger partial charge in [0.2, 0.25) is 0 Å². The second-order valence-electron chi connectivity index (χ2n) is 4.83. The first-order valence-electron chi connectivity index (χ1n) is 6.03. The van der Waals surface area contributed by atoms with Crippen molar-refractivity contribution in [1.29, 1.82) is 0 Å². The molecular formula is C12H25NO. The number of nitrogens with one attached hydrogen (secondary N) is 1. The van der Waals surface area contributed by atoms with E-state index in [-0.39, 0.29) is 0 Å². The summed E-state index contributed by atoms with van der Waals surface area (Å²) in [6.45, 7) is 8.39. The summed E-state index contributed by atoms with van der Waals surface area (Å²) in [5.41, 5.74) is 0. The summed E-state index contributed by atoms with van der Waals surface area (Å²) in [5, 5.41) is 3.57. The highest BCUT2D eigenvalue weighted by atomic mass is 16.5. The Bertz CT molecular complexity index is 139. The molecule has 2 heteroatoms. The normalized spacial score (nSPS) is 28.3. The maximum Gasteiger partial charge on any atom is 0.0594 e. The first-order chi connectivity index (χ1) is 6.68. The highest BCUT2D eigenvalue weighted by Crippen LogP contribution is 2.23. The molecule has 2 nitrogen and oxygen atoms in total. The van der Waals surface area contributed by atoms with Crippen molar-refractivity contribution in [1.82, 2.24) is 5.32 Å². The Balaban J connectivity index is 1.96. The molecule has 0 radical (unpaired) electrons. The van der Waals surface area contributed by atoms with Gasteiger partial charge in [-0.2, -0.15) is 0 Å². The summed E-state index contributed by atoms with van der Waals surface area (Å²) >= 11 is 0. The Morgan fingerprint density at radius 2 is 1.86 bits per heavy atom. The van der Waals surface area contributed by atoms with Crippen LogP contribution in [0.15, 0.2) is 0 Å². The number of hydrogen-bond acceptors (Lipinski definition) is 2. The van der Waals surface area contributed by atoms with Gasteiger partial charge in [-0.05, 0) is 45.4 Å². The average molecular weight is 199 g/mol. The molecule has 0 aliphatic heterocycles. The molecule has 0 amide bonds. The Morgan fingerprint density at radius 3 is 2.43 bits per heavy atom. The largest absolute Gasteiger partial charge is 0.377 e. The predicted octanol–water partition coefficient (Wildman–Crippen LogP) is 2.58. The van der Waals surface area contributed by atoms with Gasteiger partial charge in [-0.25, -0.2) is 0 Å². The van der Waals surface area contributed by atoms with Gasteiger partial charge < -0.3 is 10.1 Å². The topological polar surface area (TPSA) is 21.3 Å². The summed E-state index contributed by atoms with van der Waals surface area (Å²) in [4.78, 5) is 0. The molecule has 14 heavy (non-hydrogen) atoms. The minimum Gasteiger partial charge on any atom is -0.377 e. The zero-order chi connectivity index (χ0) is 10.4. The van der Waals surface area contributed by atoms with Gasteiger partial charge in [0, 0.05) is 12.6 Å². The molecule has 0 aromatic carbocycles. The minimum atomic E-state index is 0.364. The van der Waals surface area contributed by atoms with Crippen LogP contribution in [0.4, 0.5) is 0 Å². The van der Waals surface area contributed by atoms with E-state index < -0.39 is 0 Å². The number of ether oxygens (including phenoxy) is 1. The lowest BCUT2D eigenvalue weighted by Gasteiger charge is -2.27. The van der Waals surface area contributed by atoms with Crippen LogP contribution < -0.4 is 5.32 Å². The lowest BCUT2D eigenvalue weighted by atomic mass is 9.87. The second kappa shape index (κ2) is 6.41. The van der Waals surface area contributed by atoms with Crippen LogP contribution in [-0.4, -0.2) is 25.3 Å². The molecule has 1 fully saturated rings. The molecule has 1 aliphatic rings. The zero-order valence-electron chi connectivity index (χ0n) is 9.88. The van der Waals surface area contributed by atoms with Gasteiger partial charge >= 0.3 is 0 Å². The Hall–Kier alpha value is -0.0800. The van der Waals surface area contributed by atoms with Crippen molar-refractivity contribution in [2.75, 3.05) is 13.2 Å². The molecule has 84 valence electrons. The maximum atomic E-state index is 5.49. The van der Waals surface area contributed by atoms with Crippen LogP contribution in [0.5, 0.6) is 0 Å². The monoisotopic (exact) mass is 199 g/mol. The fourth-order valence-electron chi connectivity index (χ4n) is 2.02. The maximum absolute atomic E-state index is 5.49. The van der Waals surface area contributed by atoms with Crippen molar-refractivity contribution < 1.29 is 4.74 Å². The lowest BCUT2D eigenvalue weighted by molar-refractivity contribution is 0.0781. The van der Waals surface area contributed by atoms with Gasteiger partial charge in [0.25, 0.3) is 0 Å². The standard InChI is InChI=1S/C12H25NO/c1-10(2)14-9-8-13-12-6-4-11(3)5-7-12/h10-13H,4-9H2,1-3H3/t11-,12-. The van der Waals surface area contributed by atoms with Crippen LogP contribution in [0.25, 0.3) is 0 Å². The van der Waals surface area contributed by atoms with Crippen LogP contribution >= 0.6 is 0 Å². The molecule has 0 aromatic rings. The molecule has 0 heterocycles. The third-order valence-electron chi connectivity index (χ3n) is 3.00. The van der Waals surface area contributed by atoms with E-state index in [0.29, 0.717) is 6.10 Å². The molecule has 0 unspecified atom stereocenters. The lowest BCUT2D eigenvalue weighted by Crippen LogP contribution is -2.35. The molecule has 0 atom stereocenters. The Morgan fingerprint density at radius 1 is 1.21 bits per heavy atom. The van der Waals surface area contributed by atoms with E-state index in [1.165, 1.54) is 25.7 Å². The zero-order valence-corrected chi connectivity index (χ0v) is 9.88. The summed E-state index contributed by atoms with van der Waals surface area (Å²) in [6.07, 6.45) is 5.85. The molecule has 0 aromatic heterocycles. The summed E-state index contributed by atoms with van der Waals surface area (Å²) in [5.74, 6) is 0.944. The van der Waals surface area contributed by atoms with Gasteiger partial charge in [0.1, 0.15) is 0 Å². The van der Waals surface area contributed by atoms with Crippen molar-refractivity contribution in [2.45, 2.75) is 58.6 Å². The van der Waals surface area contributed by atoms with Gasteiger partial charge in [-0.3, -0.25) is 0 Å². The quantitative estimate of drug-likeness (QED) is 0.687. The number of rotatable bonds is 5. The van der Waals surface area contributed by atoms with Crippen molar-refractivity contribution in [3.63, 3.8) is 0 Å². The SMILES string of the molecule is CC(C)OCCN[C@H]1CC[C@H](C)CC1. The summed E-state index contributed by atoms with van der Waals surface area (Å²) in [6, 6.07) is 0.752. The molecule has 0 bridgehead atoms. The van der Waals surface area contributed by atoms with Crippen LogP contribution in [0, 0.1) is 5.92 Å². The van der Waals surface area contributed by atoms with Crippen molar-refractivity contribution >= 4 is 0 Å². The van der Waals surface area contributed by atoms with Crippen LogP contribution in [0.3, 0.4) is 0 Å². The molecule has 0 spiro atoms. The third-order valence-corrected chi connectivity index (χ3v) is 3.00. The van der Waals surface area contributed by atoms with Gasteiger partial charge in [-0.1, -0.05) is 6.92 Å². The van der Waals surface area contributed by atoms with Crippen molar-refractivity contribution in [3.05, 3.63) is 0 Å². The van der Waals surface area contributed by atoms with E-state index in [9.17, 15) is 0 Å². The predicted molar refractivity (Wildman–Crippen MR) is 60.5 cm³/mol. The fraction of sp³-hybridized carbons (Fsp3) is 1.00. The average Bonchev–Trinajstić information content (AvgIpc) is 2.15. The highest BCUT2D eigenvalue weighted by molar-refractivity contribution is 4.74. The Labute approximate surface area is 88.4 Å². The van der Waals surface area contributed by atoms with Gasteiger partial charge in [0.05, 0.1) is 12.7 Å². The molecule has 1 rings (SSSR count).